The maximum absolute atomic E-state index is 12.1. The number of para-hydroxylation sites is 1. The van der Waals surface area contributed by atoms with Crippen molar-refractivity contribution in [2.75, 3.05) is 12.3 Å². The first kappa shape index (κ1) is 15.8. The molecule has 22 heavy (non-hydrogen) atoms. The molecule has 0 aliphatic rings. The number of benzene rings is 1. The number of hydrogen-bond donors (Lipinski definition) is 1. The van der Waals surface area contributed by atoms with E-state index in [4.69, 9.17) is 15.2 Å². The summed E-state index contributed by atoms with van der Waals surface area (Å²) >= 11 is 0. The third kappa shape index (κ3) is 3.52. The van der Waals surface area contributed by atoms with Crippen molar-refractivity contribution in [3.05, 3.63) is 46.8 Å². The second-order valence-electron chi connectivity index (χ2n) is 4.76. The van der Waals surface area contributed by atoms with Crippen molar-refractivity contribution in [1.29, 1.82) is 0 Å². The van der Waals surface area contributed by atoms with Crippen molar-refractivity contribution in [2.24, 2.45) is 0 Å². The van der Waals surface area contributed by atoms with Crippen LogP contribution in [0, 0.1) is 13.8 Å². The first-order valence-corrected chi connectivity index (χ1v) is 7.01. The molecule has 6 nitrogen and oxygen atoms in total. The fourth-order valence-corrected chi connectivity index (χ4v) is 2.09. The predicted octanol–water partition coefficient (Wildman–Crippen LogP) is 2.43. The van der Waals surface area contributed by atoms with E-state index in [-0.39, 0.29) is 19.2 Å². The molecule has 0 radical (unpaired) electrons. The third-order valence-electron chi connectivity index (χ3n) is 3.12. The van der Waals surface area contributed by atoms with Gasteiger partial charge in [-0.15, -0.1) is 0 Å². The van der Waals surface area contributed by atoms with E-state index in [1.54, 1.807) is 13.8 Å². The lowest BCUT2D eigenvalue weighted by Gasteiger charge is -2.13. The van der Waals surface area contributed by atoms with E-state index in [1.165, 1.54) is 0 Å². The number of carbonyl (C=O) groups excluding carboxylic acids is 1. The lowest BCUT2D eigenvalue weighted by molar-refractivity contribution is 0.0521. The molecule has 0 bridgehead atoms. The summed E-state index contributed by atoms with van der Waals surface area (Å²) in [5.41, 5.74) is 7.88. The first-order chi connectivity index (χ1) is 10.5. The number of nitrogens with two attached hydrogens (primary N) is 1. The summed E-state index contributed by atoms with van der Waals surface area (Å²) in [6.45, 7) is 5.78. The van der Waals surface area contributed by atoms with Gasteiger partial charge >= 0.3 is 5.97 Å². The fraction of sp³-hybridized carbons (Fsp3) is 0.312. The Kier molecular flexibility index (Phi) is 4.93. The highest BCUT2D eigenvalue weighted by atomic mass is 16.5. The summed E-state index contributed by atoms with van der Waals surface area (Å²) in [4.78, 5) is 20.2. The van der Waals surface area contributed by atoms with E-state index < -0.39 is 5.97 Å². The second-order valence-corrected chi connectivity index (χ2v) is 4.76. The van der Waals surface area contributed by atoms with Gasteiger partial charge in [-0.25, -0.2) is 14.8 Å². The van der Waals surface area contributed by atoms with Crippen LogP contribution in [-0.2, 0) is 11.3 Å². The van der Waals surface area contributed by atoms with E-state index in [2.05, 4.69) is 9.97 Å². The van der Waals surface area contributed by atoms with Crippen molar-refractivity contribution in [3.63, 3.8) is 0 Å². The average molecular weight is 301 g/mol. The number of ether oxygens (including phenoxy) is 2. The molecule has 2 N–H and O–H groups in total. The van der Waals surface area contributed by atoms with Crippen LogP contribution in [-0.4, -0.2) is 22.5 Å². The van der Waals surface area contributed by atoms with Gasteiger partial charge in [0.2, 0.25) is 5.95 Å². The molecule has 1 heterocycles. The van der Waals surface area contributed by atoms with Crippen LogP contribution in [0.5, 0.6) is 5.75 Å². The number of rotatable bonds is 5. The van der Waals surface area contributed by atoms with E-state index in [9.17, 15) is 4.79 Å². The van der Waals surface area contributed by atoms with Gasteiger partial charge in [0, 0.05) is 0 Å². The smallest absolute Gasteiger partial charge is 0.341 e. The summed E-state index contributed by atoms with van der Waals surface area (Å²) in [6.07, 6.45) is 0. The molecule has 0 unspecified atom stereocenters. The van der Waals surface area contributed by atoms with Gasteiger partial charge in [0.25, 0.3) is 0 Å². The van der Waals surface area contributed by atoms with Gasteiger partial charge < -0.3 is 15.2 Å². The zero-order valence-electron chi connectivity index (χ0n) is 12.9. The Hall–Kier alpha value is -2.63. The zero-order chi connectivity index (χ0) is 16.1. The van der Waals surface area contributed by atoms with Crippen LogP contribution in [0.4, 0.5) is 5.95 Å². The molecule has 0 saturated carbocycles. The highest BCUT2D eigenvalue weighted by molar-refractivity contribution is 5.91. The van der Waals surface area contributed by atoms with Gasteiger partial charge in [-0.3, -0.25) is 0 Å². The molecule has 0 aliphatic heterocycles. The normalized spacial score (nSPS) is 10.3. The maximum Gasteiger partial charge on any atom is 0.341 e. The second kappa shape index (κ2) is 6.89. The van der Waals surface area contributed by atoms with E-state index >= 15 is 0 Å². The molecule has 0 spiro atoms. The number of carbonyl (C=O) groups is 1. The first-order valence-electron chi connectivity index (χ1n) is 7.01. The SMILES string of the molecule is CCOC(=O)c1c(C)nc(N)nc1COc1ccccc1C. The zero-order valence-corrected chi connectivity index (χ0v) is 12.9. The van der Waals surface area contributed by atoms with E-state index in [0.717, 1.165) is 11.3 Å². The number of hydrogen-bond acceptors (Lipinski definition) is 6. The van der Waals surface area contributed by atoms with Gasteiger partial charge in [0.05, 0.1) is 18.0 Å². The van der Waals surface area contributed by atoms with Crippen LogP contribution in [0.1, 0.15) is 34.2 Å². The molecule has 0 saturated heterocycles. The Morgan fingerprint density at radius 1 is 1.23 bits per heavy atom. The maximum atomic E-state index is 12.1. The molecule has 0 amide bonds. The Bertz CT molecular complexity index is 686. The predicted molar refractivity (Wildman–Crippen MR) is 82.6 cm³/mol. The highest BCUT2D eigenvalue weighted by Gasteiger charge is 2.19. The molecule has 2 rings (SSSR count). The van der Waals surface area contributed by atoms with Gasteiger partial charge in [0.15, 0.2) is 0 Å². The van der Waals surface area contributed by atoms with Gasteiger partial charge in [0.1, 0.15) is 17.9 Å². The van der Waals surface area contributed by atoms with Gasteiger partial charge in [-0.05, 0) is 32.4 Å². The minimum atomic E-state index is -0.469. The molecule has 1 aromatic heterocycles. The van der Waals surface area contributed by atoms with Crippen molar-refractivity contribution in [2.45, 2.75) is 27.4 Å². The highest BCUT2D eigenvalue weighted by Crippen LogP contribution is 2.20. The molecule has 1 aromatic carbocycles. The Balaban J connectivity index is 2.29. The van der Waals surface area contributed by atoms with Gasteiger partial charge in [-0.1, -0.05) is 18.2 Å². The summed E-state index contributed by atoms with van der Waals surface area (Å²) in [6, 6.07) is 7.62. The lowest BCUT2D eigenvalue weighted by atomic mass is 10.1. The average Bonchev–Trinajstić information content (AvgIpc) is 2.46. The number of nitrogen functional groups attached to an aromatic ring is 1. The van der Waals surface area contributed by atoms with E-state index in [0.29, 0.717) is 17.0 Å². The molecule has 0 atom stereocenters. The molecule has 116 valence electrons. The standard InChI is InChI=1S/C16H19N3O3/c1-4-21-15(20)14-11(3)18-16(17)19-12(14)9-22-13-8-6-5-7-10(13)2/h5-8H,4,9H2,1-3H3,(H2,17,18,19). The van der Waals surface area contributed by atoms with Crippen molar-refractivity contribution >= 4 is 11.9 Å². The molecule has 6 heteroatoms. The monoisotopic (exact) mass is 301 g/mol. The van der Waals surface area contributed by atoms with Crippen LogP contribution in [0.2, 0.25) is 0 Å². The third-order valence-corrected chi connectivity index (χ3v) is 3.12. The summed E-state index contributed by atoms with van der Waals surface area (Å²) in [5, 5.41) is 0. The Morgan fingerprint density at radius 3 is 2.64 bits per heavy atom. The number of esters is 1. The van der Waals surface area contributed by atoms with Crippen LogP contribution in [0.15, 0.2) is 24.3 Å². The largest absolute Gasteiger partial charge is 0.487 e. The van der Waals surface area contributed by atoms with Gasteiger partial charge in [-0.2, -0.15) is 0 Å². The summed E-state index contributed by atoms with van der Waals surface area (Å²) in [7, 11) is 0. The minimum absolute atomic E-state index is 0.105. The minimum Gasteiger partial charge on any atom is -0.487 e. The van der Waals surface area contributed by atoms with Crippen molar-refractivity contribution < 1.29 is 14.3 Å². The summed E-state index contributed by atoms with van der Waals surface area (Å²) < 4.78 is 10.8. The number of anilines is 1. The number of aromatic nitrogens is 2. The van der Waals surface area contributed by atoms with E-state index in [1.807, 2.05) is 31.2 Å². The topological polar surface area (TPSA) is 87.3 Å². The molecule has 0 fully saturated rings. The number of aryl methyl sites for hydroxylation is 2. The molecule has 0 aliphatic carbocycles. The number of nitrogens with zero attached hydrogens (tertiary/aromatic N) is 2. The molecule has 2 aromatic rings. The molecular formula is C16H19N3O3. The van der Waals surface area contributed by atoms with Crippen LogP contribution >= 0.6 is 0 Å². The van der Waals surface area contributed by atoms with Crippen molar-refractivity contribution in [1.82, 2.24) is 9.97 Å². The van der Waals surface area contributed by atoms with Crippen LogP contribution in [0.25, 0.3) is 0 Å². The fourth-order valence-electron chi connectivity index (χ4n) is 2.09. The quantitative estimate of drug-likeness (QED) is 0.853. The van der Waals surface area contributed by atoms with Crippen LogP contribution in [0.3, 0.4) is 0 Å². The lowest BCUT2D eigenvalue weighted by Crippen LogP contribution is -2.16. The van der Waals surface area contributed by atoms with Crippen molar-refractivity contribution in [3.8, 4) is 5.75 Å². The Labute approximate surface area is 129 Å². The molecular weight excluding hydrogens is 282 g/mol. The van der Waals surface area contributed by atoms with Crippen LogP contribution < -0.4 is 10.5 Å². The summed E-state index contributed by atoms with van der Waals surface area (Å²) in [5.74, 6) is 0.365. The Morgan fingerprint density at radius 2 is 1.95 bits per heavy atom.